The van der Waals surface area contributed by atoms with Gasteiger partial charge in [0.25, 0.3) is 0 Å². The molecule has 2 aliphatic rings. The van der Waals surface area contributed by atoms with E-state index in [0.29, 0.717) is 6.04 Å². The molecule has 0 bridgehead atoms. The molecule has 0 radical (unpaired) electrons. The highest BCUT2D eigenvalue weighted by Gasteiger charge is 2.20. The third-order valence-corrected chi connectivity index (χ3v) is 4.76. The van der Waals surface area contributed by atoms with E-state index in [1.807, 2.05) is 0 Å². The second-order valence-corrected chi connectivity index (χ2v) is 6.53. The summed E-state index contributed by atoms with van der Waals surface area (Å²) in [5.74, 6) is 0.793. The Balaban J connectivity index is 1.38. The van der Waals surface area contributed by atoms with Crippen molar-refractivity contribution < 1.29 is 4.74 Å². The quantitative estimate of drug-likeness (QED) is 0.871. The molecule has 2 saturated heterocycles. The molecule has 2 aliphatic heterocycles. The fraction of sp³-hybridized carbons (Fsp3) is 0.667. The van der Waals surface area contributed by atoms with E-state index >= 15 is 0 Å². The highest BCUT2D eigenvalue weighted by atomic mass is 16.5. The van der Waals surface area contributed by atoms with Gasteiger partial charge in [-0.1, -0.05) is 30.3 Å². The van der Waals surface area contributed by atoms with E-state index in [1.54, 1.807) is 0 Å². The first-order chi connectivity index (χ1) is 10.4. The minimum atomic E-state index is 0.671. The second-order valence-electron chi connectivity index (χ2n) is 6.53. The van der Waals surface area contributed by atoms with Gasteiger partial charge in [0, 0.05) is 32.3 Å². The third-order valence-electron chi connectivity index (χ3n) is 4.76. The van der Waals surface area contributed by atoms with Gasteiger partial charge in [0.2, 0.25) is 0 Å². The number of piperidine rings is 1. The Bertz CT molecular complexity index is 403. The molecular weight excluding hydrogens is 260 g/mol. The van der Waals surface area contributed by atoms with Gasteiger partial charge in [-0.2, -0.15) is 0 Å². The number of nitrogens with one attached hydrogen (secondary N) is 1. The van der Waals surface area contributed by atoms with Crippen LogP contribution < -0.4 is 5.32 Å². The van der Waals surface area contributed by atoms with Gasteiger partial charge < -0.3 is 10.1 Å². The lowest BCUT2D eigenvalue weighted by molar-refractivity contribution is 0.175. The highest BCUT2D eigenvalue weighted by molar-refractivity contribution is 5.14. The Morgan fingerprint density at radius 1 is 1.19 bits per heavy atom. The average Bonchev–Trinajstić information content (AvgIpc) is 3.02. The Morgan fingerprint density at radius 3 is 2.90 bits per heavy atom. The first kappa shape index (κ1) is 15.0. The Morgan fingerprint density at radius 2 is 2.10 bits per heavy atom. The Labute approximate surface area is 128 Å². The number of likely N-dealkylation sites (tertiary alicyclic amines) is 1. The molecule has 2 atom stereocenters. The summed E-state index contributed by atoms with van der Waals surface area (Å²) in [6, 6.07) is 11.5. The van der Waals surface area contributed by atoms with Crippen molar-refractivity contribution in [3.8, 4) is 0 Å². The van der Waals surface area contributed by atoms with Crippen molar-refractivity contribution >= 4 is 0 Å². The van der Waals surface area contributed by atoms with Gasteiger partial charge >= 0.3 is 0 Å². The fourth-order valence-corrected chi connectivity index (χ4v) is 3.51. The highest BCUT2D eigenvalue weighted by Crippen LogP contribution is 2.17. The number of hydrogen-bond donors (Lipinski definition) is 1. The van der Waals surface area contributed by atoms with E-state index in [4.69, 9.17) is 4.74 Å². The van der Waals surface area contributed by atoms with Crippen LogP contribution in [0.5, 0.6) is 0 Å². The predicted molar refractivity (Wildman–Crippen MR) is 86.3 cm³/mol. The van der Waals surface area contributed by atoms with Crippen molar-refractivity contribution in [1.29, 1.82) is 0 Å². The molecule has 1 aromatic carbocycles. The molecule has 3 rings (SSSR count). The minimum absolute atomic E-state index is 0.671. The Kier molecular flexibility index (Phi) is 5.67. The van der Waals surface area contributed by atoms with E-state index in [9.17, 15) is 0 Å². The zero-order chi connectivity index (χ0) is 14.3. The van der Waals surface area contributed by atoms with Crippen LogP contribution in [-0.2, 0) is 11.3 Å². The summed E-state index contributed by atoms with van der Waals surface area (Å²) in [6.07, 6.45) is 5.17. The molecule has 21 heavy (non-hydrogen) atoms. The maximum Gasteiger partial charge on any atom is 0.0495 e. The average molecular weight is 288 g/mol. The lowest BCUT2D eigenvalue weighted by atomic mass is 10.0. The van der Waals surface area contributed by atoms with E-state index in [2.05, 4.69) is 40.5 Å². The summed E-state index contributed by atoms with van der Waals surface area (Å²) in [6.45, 7) is 6.62. The van der Waals surface area contributed by atoms with Crippen LogP contribution in [0, 0.1) is 5.92 Å². The van der Waals surface area contributed by atoms with Gasteiger partial charge in [-0.15, -0.1) is 0 Å². The monoisotopic (exact) mass is 288 g/mol. The Hall–Kier alpha value is -0.900. The van der Waals surface area contributed by atoms with Crippen LogP contribution in [0.1, 0.15) is 31.2 Å². The summed E-state index contributed by atoms with van der Waals surface area (Å²) in [7, 11) is 0. The molecule has 2 heterocycles. The first-order valence-corrected chi connectivity index (χ1v) is 8.47. The molecule has 0 aliphatic carbocycles. The summed E-state index contributed by atoms with van der Waals surface area (Å²) in [4.78, 5) is 2.59. The predicted octanol–water partition coefficient (Wildman–Crippen LogP) is 2.67. The topological polar surface area (TPSA) is 24.5 Å². The van der Waals surface area contributed by atoms with Crippen molar-refractivity contribution in [1.82, 2.24) is 10.2 Å². The molecule has 2 unspecified atom stereocenters. The van der Waals surface area contributed by atoms with Crippen molar-refractivity contribution in [2.24, 2.45) is 5.92 Å². The second kappa shape index (κ2) is 7.92. The zero-order valence-corrected chi connectivity index (χ0v) is 13.0. The van der Waals surface area contributed by atoms with Crippen LogP contribution >= 0.6 is 0 Å². The molecule has 0 amide bonds. The number of benzene rings is 1. The first-order valence-electron chi connectivity index (χ1n) is 8.47. The largest absolute Gasteiger partial charge is 0.381 e. The van der Waals surface area contributed by atoms with Gasteiger partial charge in [-0.05, 0) is 50.3 Å². The summed E-state index contributed by atoms with van der Waals surface area (Å²) in [5, 5.41) is 3.77. The summed E-state index contributed by atoms with van der Waals surface area (Å²) in [5.41, 5.74) is 1.43. The van der Waals surface area contributed by atoms with Crippen molar-refractivity contribution in [2.75, 3.05) is 32.8 Å². The van der Waals surface area contributed by atoms with Gasteiger partial charge in [-0.3, -0.25) is 4.90 Å². The third kappa shape index (κ3) is 4.80. The SMILES string of the molecule is c1ccc(CN2CCCC(NCCC3CCOC3)C2)cc1. The summed E-state index contributed by atoms with van der Waals surface area (Å²) < 4.78 is 5.45. The van der Waals surface area contributed by atoms with E-state index in [-0.39, 0.29) is 0 Å². The molecule has 1 aromatic rings. The number of nitrogens with zero attached hydrogens (tertiary/aromatic N) is 1. The lowest BCUT2D eigenvalue weighted by Gasteiger charge is -2.33. The van der Waals surface area contributed by atoms with Gasteiger partial charge in [0.05, 0.1) is 0 Å². The smallest absolute Gasteiger partial charge is 0.0495 e. The molecule has 116 valence electrons. The number of rotatable bonds is 6. The standard InChI is InChI=1S/C18H28N2O/c1-2-5-16(6-3-1)13-20-11-4-7-18(14-20)19-10-8-17-9-12-21-15-17/h1-3,5-6,17-19H,4,7-15H2. The maximum atomic E-state index is 5.45. The van der Waals surface area contributed by atoms with Gasteiger partial charge in [0.15, 0.2) is 0 Å². The molecule has 0 aromatic heterocycles. The van der Waals surface area contributed by atoms with Crippen LogP contribution in [0.25, 0.3) is 0 Å². The molecule has 2 fully saturated rings. The normalized spacial score (nSPS) is 27.0. The molecule has 0 saturated carbocycles. The van der Waals surface area contributed by atoms with Crippen LogP contribution in [0.3, 0.4) is 0 Å². The molecule has 1 N–H and O–H groups in total. The van der Waals surface area contributed by atoms with Crippen LogP contribution in [0.2, 0.25) is 0 Å². The van der Waals surface area contributed by atoms with E-state index in [0.717, 1.165) is 32.2 Å². The maximum absolute atomic E-state index is 5.45. The van der Waals surface area contributed by atoms with Crippen LogP contribution in [-0.4, -0.2) is 43.8 Å². The van der Waals surface area contributed by atoms with Crippen LogP contribution in [0.15, 0.2) is 30.3 Å². The van der Waals surface area contributed by atoms with Crippen LogP contribution in [0.4, 0.5) is 0 Å². The van der Waals surface area contributed by atoms with E-state index < -0.39 is 0 Å². The lowest BCUT2D eigenvalue weighted by Crippen LogP contribution is -2.45. The van der Waals surface area contributed by atoms with E-state index in [1.165, 1.54) is 44.3 Å². The number of hydrogen-bond acceptors (Lipinski definition) is 3. The molecule has 0 spiro atoms. The van der Waals surface area contributed by atoms with Crippen molar-refractivity contribution in [2.45, 2.75) is 38.3 Å². The zero-order valence-electron chi connectivity index (χ0n) is 13.0. The molecular formula is C18H28N2O. The van der Waals surface area contributed by atoms with Gasteiger partial charge in [-0.25, -0.2) is 0 Å². The molecule has 3 nitrogen and oxygen atoms in total. The number of ether oxygens (including phenoxy) is 1. The molecule has 3 heteroatoms. The minimum Gasteiger partial charge on any atom is -0.381 e. The fourth-order valence-electron chi connectivity index (χ4n) is 3.51. The van der Waals surface area contributed by atoms with Crippen molar-refractivity contribution in [3.05, 3.63) is 35.9 Å². The van der Waals surface area contributed by atoms with Gasteiger partial charge in [0.1, 0.15) is 0 Å². The summed E-state index contributed by atoms with van der Waals surface area (Å²) >= 11 is 0. The van der Waals surface area contributed by atoms with Crippen molar-refractivity contribution in [3.63, 3.8) is 0 Å².